The van der Waals surface area contributed by atoms with Crippen molar-refractivity contribution >= 4 is 16.7 Å². The van der Waals surface area contributed by atoms with Gasteiger partial charge in [0.1, 0.15) is 11.6 Å². The molecule has 0 spiro atoms. The van der Waals surface area contributed by atoms with Gasteiger partial charge in [-0.05, 0) is 38.4 Å². The molecule has 0 saturated carbocycles. The molecular formula is C16H19N3O2. The van der Waals surface area contributed by atoms with Crippen molar-refractivity contribution in [1.82, 2.24) is 14.9 Å². The first kappa shape index (κ1) is 13.9. The summed E-state index contributed by atoms with van der Waals surface area (Å²) in [6, 6.07) is 7.26. The van der Waals surface area contributed by atoms with Gasteiger partial charge in [0.15, 0.2) is 0 Å². The second-order valence-electron chi connectivity index (χ2n) is 5.62. The van der Waals surface area contributed by atoms with Gasteiger partial charge in [0, 0.05) is 0 Å². The summed E-state index contributed by atoms with van der Waals surface area (Å²) in [5, 5.41) is 0.600. The summed E-state index contributed by atoms with van der Waals surface area (Å²) in [5.74, 6) is 0.824. The number of Topliss-reactive ketones (excluding diaryl/α,β-unsaturated/α-hetero) is 1. The first-order valence-electron chi connectivity index (χ1n) is 7.37. The lowest BCUT2D eigenvalue weighted by molar-refractivity contribution is -0.123. The van der Waals surface area contributed by atoms with E-state index in [1.54, 1.807) is 13.0 Å². The number of benzene rings is 1. The lowest BCUT2D eigenvalue weighted by Gasteiger charge is -2.33. The highest BCUT2D eigenvalue weighted by Gasteiger charge is 2.26. The van der Waals surface area contributed by atoms with E-state index in [4.69, 9.17) is 0 Å². The number of nitrogens with zero attached hydrogens (tertiary/aromatic N) is 2. The van der Waals surface area contributed by atoms with Gasteiger partial charge in [0.25, 0.3) is 5.56 Å². The van der Waals surface area contributed by atoms with Crippen LogP contribution in [0, 0.1) is 0 Å². The molecule has 1 aliphatic heterocycles. The molecule has 110 valence electrons. The molecule has 1 aromatic heterocycles. The minimum absolute atomic E-state index is 0.0458. The first-order valence-corrected chi connectivity index (χ1v) is 7.37. The van der Waals surface area contributed by atoms with Crippen LogP contribution in [-0.2, 0) is 11.3 Å². The standard InChI is InChI=1S/C16H19N3O2/c1-11(20)14-8-4-5-9-19(14)10-15-17-13-7-3-2-6-12(13)16(21)18-15/h2-3,6-7,14H,4-5,8-10H2,1H3,(H,17,18,21). The fraction of sp³-hybridized carbons (Fsp3) is 0.438. The van der Waals surface area contributed by atoms with Crippen LogP contribution in [0.25, 0.3) is 10.9 Å². The van der Waals surface area contributed by atoms with Gasteiger partial charge in [0.2, 0.25) is 0 Å². The van der Waals surface area contributed by atoms with Crippen LogP contribution in [-0.4, -0.2) is 33.2 Å². The van der Waals surface area contributed by atoms with E-state index in [-0.39, 0.29) is 17.4 Å². The van der Waals surface area contributed by atoms with Crippen LogP contribution in [0.15, 0.2) is 29.1 Å². The topological polar surface area (TPSA) is 66.1 Å². The van der Waals surface area contributed by atoms with Gasteiger partial charge in [-0.1, -0.05) is 18.6 Å². The summed E-state index contributed by atoms with van der Waals surface area (Å²) in [6.07, 6.45) is 3.07. The summed E-state index contributed by atoms with van der Waals surface area (Å²) in [7, 11) is 0. The van der Waals surface area contributed by atoms with E-state index in [2.05, 4.69) is 14.9 Å². The number of fused-ring (bicyclic) bond motifs is 1. The molecule has 0 aliphatic carbocycles. The van der Waals surface area contributed by atoms with Crippen molar-refractivity contribution in [2.75, 3.05) is 6.54 Å². The molecule has 0 amide bonds. The molecule has 1 aliphatic rings. The number of carbonyl (C=O) groups is 1. The monoisotopic (exact) mass is 285 g/mol. The van der Waals surface area contributed by atoms with Crippen LogP contribution < -0.4 is 5.56 Å². The molecule has 3 rings (SSSR count). The summed E-state index contributed by atoms with van der Waals surface area (Å²) in [5.41, 5.74) is 0.583. The Morgan fingerprint density at radius 2 is 2.19 bits per heavy atom. The molecule has 1 saturated heterocycles. The van der Waals surface area contributed by atoms with Crippen LogP contribution in [0.2, 0.25) is 0 Å². The summed E-state index contributed by atoms with van der Waals surface area (Å²) in [4.78, 5) is 33.3. The van der Waals surface area contributed by atoms with Gasteiger partial charge in [-0.15, -0.1) is 0 Å². The zero-order valence-electron chi connectivity index (χ0n) is 12.1. The summed E-state index contributed by atoms with van der Waals surface area (Å²) < 4.78 is 0. The summed E-state index contributed by atoms with van der Waals surface area (Å²) >= 11 is 0. The molecule has 0 bridgehead atoms. The average Bonchev–Trinajstić information content (AvgIpc) is 2.47. The Labute approximate surface area is 123 Å². The fourth-order valence-corrected chi connectivity index (χ4v) is 3.04. The molecule has 5 nitrogen and oxygen atoms in total. The van der Waals surface area contributed by atoms with Crippen molar-refractivity contribution in [3.05, 3.63) is 40.4 Å². The molecule has 5 heteroatoms. The Morgan fingerprint density at radius 3 is 3.00 bits per heavy atom. The zero-order valence-corrected chi connectivity index (χ0v) is 12.1. The molecular weight excluding hydrogens is 266 g/mol. The van der Waals surface area contributed by atoms with Crippen molar-refractivity contribution < 1.29 is 4.79 Å². The number of hydrogen-bond acceptors (Lipinski definition) is 4. The molecule has 1 aromatic carbocycles. The predicted octanol–water partition coefficient (Wildman–Crippen LogP) is 1.87. The summed E-state index contributed by atoms with van der Waals surface area (Å²) in [6.45, 7) is 3.03. The van der Waals surface area contributed by atoms with E-state index in [9.17, 15) is 9.59 Å². The minimum Gasteiger partial charge on any atom is -0.309 e. The Balaban J connectivity index is 1.90. The molecule has 1 unspecified atom stereocenters. The maximum Gasteiger partial charge on any atom is 0.258 e. The van der Waals surface area contributed by atoms with Gasteiger partial charge in [0.05, 0.1) is 23.5 Å². The zero-order chi connectivity index (χ0) is 14.8. The van der Waals surface area contributed by atoms with Crippen molar-refractivity contribution in [2.45, 2.75) is 38.8 Å². The molecule has 1 fully saturated rings. The van der Waals surface area contributed by atoms with E-state index in [1.165, 1.54) is 0 Å². The minimum atomic E-state index is -0.119. The number of para-hydroxylation sites is 1. The Hall–Kier alpha value is -2.01. The number of ketones is 1. The Morgan fingerprint density at radius 1 is 1.38 bits per heavy atom. The number of carbonyl (C=O) groups excluding carboxylic acids is 1. The molecule has 0 radical (unpaired) electrons. The molecule has 2 aromatic rings. The van der Waals surface area contributed by atoms with Crippen molar-refractivity contribution in [1.29, 1.82) is 0 Å². The third-order valence-electron chi connectivity index (χ3n) is 4.10. The van der Waals surface area contributed by atoms with Gasteiger partial charge < -0.3 is 4.98 Å². The number of H-pyrrole nitrogens is 1. The van der Waals surface area contributed by atoms with Crippen LogP contribution in [0.4, 0.5) is 0 Å². The van der Waals surface area contributed by atoms with E-state index in [0.29, 0.717) is 23.3 Å². The van der Waals surface area contributed by atoms with Gasteiger partial charge in [-0.3, -0.25) is 14.5 Å². The molecule has 1 atom stereocenters. The fourth-order valence-electron chi connectivity index (χ4n) is 3.04. The van der Waals surface area contributed by atoms with E-state index >= 15 is 0 Å². The number of nitrogens with one attached hydrogen (secondary N) is 1. The third-order valence-corrected chi connectivity index (χ3v) is 4.10. The van der Waals surface area contributed by atoms with Crippen LogP contribution in [0.5, 0.6) is 0 Å². The number of piperidine rings is 1. The van der Waals surface area contributed by atoms with Crippen LogP contribution in [0.3, 0.4) is 0 Å². The lowest BCUT2D eigenvalue weighted by atomic mass is 9.99. The predicted molar refractivity (Wildman–Crippen MR) is 81.1 cm³/mol. The highest BCUT2D eigenvalue weighted by atomic mass is 16.1. The van der Waals surface area contributed by atoms with E-state index < -0.39 is 0 Å². The average molecular weight is 285 g/mol. The second-order valence-corrected chi connectivity index (χ2v) is 5.62. The normalized spacial score (nSPS) is 19.8. The van der Waals surface area contributed by atoms with E-state index in [0.717, 1.165) is 25.8 Å². The maximum atomic E-state index is 12.1. The Kier molecular flexibility index (Phi) is 3.84. The second kappa shape index (κ2) is 5.77. The molecule has 1 N–H and O–H groups in total. The number of aromatic amines is 1. The lowest BCUT2D eigenvalue weighted by Crippen LogP contribution is -2.43. The Bertz CT molecular complexity index is 723. The van der Waals surface area contributed by atoms with Crippen molar-refractivity contribution in [3.63, 3.8) is 0 Å². The van der Waals surface area contributed by atoms with Crippen LogP contribution in [0.1, 0.15) is 32.0 Å². The smallest absolute Gasteiger partial charge is 0.258 e. The highest BCUT2D eigenvalue weighted by Crippen LogP contribution is 2.19. The first-order chi connectivity index (χ1) is 10.1. The quantitative estimate of drug-likeness (QED) is 0.935. The largest absolute Gasteiger partial charge is 0.309 e. The molecule has 2 heterocycles. The van der Waals surface area contributed by atoms with Crippen LogP contribution >= 0.6 is 0 Å². The SMILES string of the molecule is CC(=O)C1CCCCN1Cc1nc2ccccc2c(=O)[nH]1. The molecule has 21 heavy (non-hydrogen) atoms. The highest BCUT2D eigenvalue weighted by molar-refractivity contribution is 5.81. The third kappa shape index (κ3) is 2.88. The maximum absolute atomic E-state index is 12.1. The number of rotatable bonds is 3. The van der Waals surface area contributed by atoms with Crippen molar-refractivity contribution in [3.8, 4) is 0 Å². The number of likely N-dealkylation sites (tertiary alicyclic amines) is 1. The van der Waals surface area contributed by atoms with Gasteiger partial charge in [-0.25, -0.2) is 4.98 Å². The number of hydrogen-bond donors (Lipinski definition) is 1. The van der Waals surface area contributed by atoms with Crippen molar-refractivity contribution in [2.24, 2.45) is 0 Å². The van der Waals surface area contributed by atoms with Gasteiger partial charge in [-0.2, -0.15) is 0 Å². The van der Waals surface area contributed by atoms with E-state index in [1.807, 2.05) is 18.2 Å². The number of aromatic nitrogens is 2. The van der Waals surface area contributed by atoms with Gasteiger partial charge >= 0.3 is 0 Å².